The van der Waals surface area contributed by atoms with Gasteiger partial charge in [-0.15, -0.1) is 0 Å². The summed E-state index contributed by atoms with van der Waals surface area (Å²) < 4.78 is 41.9. The number of nitrogens with zero attached hydrogens (tertiary/aromatic N) is 1. The largest absolute Gasteiger partial charge is 0.350 e. The number of amides is 1. The van der Waals surface area contributed by atoms with Gasteiger partial charge in [-0.3, -0.25) is 9.52 Å². The first-order valence-electron chi connectivity index (χ1n) is 10.5. The summed E-state index contributed by atoms with van der Waals surface area (Å²) in [4.78, 5) is 14.8. The number of nitrogens with one attached hydrogen (secondary N) is 2. The summed E-state index contributed by atoms with van der Waals surface area (Å²) in [6.07, 6.45) is 0. The minimum atomic E-state index is -3.87. The number of likely N-dealkylation sites (N-methyl/N-ethyl adjacent to an activating group) is 1. The van der Waals surface area contributed by atoms with Crippen molar-refractivity contribution < 1.29 is 17.6 Å². The maximum absolute atomic E-state index is 13.7. The molecule has 0 fully saturated rings. The molecule has 1 atom stereocenters. The number of halogens is 1. The standard InChI is InChI=1S/C25H28FN3O3S/c1-17-8-11-21(12-9-17)28-33(31,32)22-13-10-18(2)23(15-22)25(30)27-16-24(29(3)4)19-6-5-7-20(26)14-19/h5-15,24,28H,16H2,1-4H3,(H,27,30). The van der Waals surface area contributed by atoms with Crippen LogP contribution in [0, 0.1) is 19.7 Å². The van der Waals surface area contributed by atoms with E-state index in [9.17, 15) is 17.6 Å². The van der Waals surface area contributed by atoms with Gasteiger partial charge in [0.25, 0.3) is 15.9 Å². The fraction of sp³-hybridized carbons (Fsp3) is 0.240. The van der Waals surface area contributed by atoms with Crippen molar-refractivity contribution in [3.05, 3.63) is 94.8 Å². The summed E-state index contributed by atoms with van der Waals surface area (Å²) in [5.41, 5.74) is 3.10. The SMILES string of the molecule is Cc1ccc(NS(=O)(=O)c2ccc(C)c(C(=O)NCC(c3cccc(F)c3)N(C)C)c2)cc1. The van der Waals surface area contributed by atoms with Crippen molar-refractivity contribution in [3.63, 3.8) is 0 Å². The summed E-state index contributed by atoms with van der Waals surface area (Å²) in [6, 6.07) is 17.4. The van der Waals surface area contributed by atoms with Crippen LogP contribution < -0.4 is 10.0 Å². The van der Waals surface area contributed by atoms with Crippen molar-refractivity contribution in [2.24, 2.45) is 0 Å². The van der Waals surface area contributed by atoms with Crippen LogP contribution in [0.1, 0.15) is 33.1 Å². The minimum Gasteiger partial charge on any atom is -0.350 e. The lowest BCUT2D eigenvalue weighted by Gasteiger charge is -2.25. The Kier molecular flexibility index (Phi) is 7.50. The maximum Gasteiger partial charge on any atom is 0.261 e. The third kappa shape index (κ3) is 6.18. The molecule has 0 aliphatic heterocycles. The number of hydrogen-bond donors (Lipinski definition) is 2. The van der Waals surface area contributed by atoms with E-state index in [-0.39, 0.29) is 28.9 Å². The highest BCUT2D eigenvalue weighted by Gasteiger charge is 2.20. The van der Waals surface area contributed by atoms with Crippen LogP contribution in [0.2, 0.25) is 0 Å². The van der Waals surface area contributed by atoms with E-state index in [1.807, 2.05) is 38.1 Å². The van der Waals surface area contributed by atoms with Gasteiger partial charge in [0.2, 0.25) is 0 Å². The normalized spacial score (nSPS) is 12.4. The predicted molar refractivity (Wildman–Crippen MR) is 128 cm³/mol. The summed E-state index contributed by atoms with van der Waals surface area (Å²) >= 11 is 0. The molecule has 0 bridgehead atoms. The van der Waals surface area contributed by atoms with E-state index in [4.69, 9.17) is 0 Å². The second-order valence-electron chi connectivity index (χ2n) is 8.19. The van der Waals surface area contributed by atoms with Crippen LogP contribution in [-0.4, -0.2) is 39.9 Å². The van der Waals surface area contributed by atoms with Crippen LogP contribution in [0.5, 0.6) is 0 Å². The molecule has 1 amide bonds. The molecule has 3 rings (SSSR count). The fourth-order valence-corrected chi connectivity index (χ4v) is 4.53. The molecular weight excluding hydrogens is 441 g/mol. The molecule has 8 heteroatoms. The lowest BCUT2D eigenvalue weighted by molar-refractivity contribution is 0.0941. The van der Waals surface area contributed by atoms with E-state index < -0.39 is 15.9 Å². The van der Waals surface area contributed by atoms with E-state index in [2.05, 4.69) is 10.0 Å². The van der Waals surface area contributed by atoms with Crippen molar-refractivity contribution >= 4 is 21.6 Å². The van der Waals surface area contributed by atoms with Gasteiger partial charge in [-0.1, -0.05) is 35.9 Å². The van der Waals surface area contributed by atoms with Gasteiger partial charge in [-0.05, 0) is 75.5 Å². The lowest BCUT2D eigenvalue weighted by atomic mass is 10.0. The van der Waals surface area contributed by atoms with E-state index in [1.54, 1.807) is 37.3 Å². The number of aryl methyl sites for hydroxylation is 2. The molecule has 0 heterocycles. The average molecular weight is 470 g/mol. The molecule has 0 aromatic heterocycles. The molecule has 0 spiro atoms. The highest BCUT2D eigenvalue weighted by atomic mass is 32.2. The van der Waals surface area contributed by atoms with Crippen LogP contribution in [0.3, 0.4) is 0 Å². The van der Waals surface area contributed by atoms with Gasteiger partial charge in [0.15, 0.2) is 0 Å². The molecule has 3 aromatic rings. The van der Waals surface area contributed by atoms with E-state index >= 15 is 0 Å². The second kappa shape index (κ2) is 10.1. The Morgan fingerprint density at radius 2 is 1.70 bits per heavy atom. The number of sulfonamides is 1. The van der Waals surface area contributed by atoms with E-state index in [0.717, 1.165) is 11.1 Å². The molecule has 0 saturated carbocycles. The molecule has 174 valence electrons. The Morgan fingerprint density at radius 3 is 2.33 bits per heavy atom. The van der Waals surface area contributed by atoms with Crippen molar-refractivity contribution in [1.82, 2.24) is 10.2 Å². The Hall–Kier alpha value is -3.23. The lowest BCUT2D eigenvalue weighted by Crippen LogP contribution is -2.35. The Morgan fingerprint density at radius 1 is 1.00 bits per heavy atom. The smallest absolute Gasteiger partial charge is 0.261 e. The van der Waals surface area contributed by atoms with E-state index in [0.29, 0.717) is 11.3 Å². The van der Waals surface area contributed by atoms with Crippen LogP contribution in [0.25, 0.3) is 0 Å². The highest BCUT2D eigenvalue weighted by Crippen LogP contribution is 2.21. The van der Waals surface area contributed by atoms with Gasteiger partial charge in [0.1, 0.15) is 5.82 Å². The van der Waals surface area contributed by atoms with Crippen molar-refractivity contribution in [2.45, 2.75) is 24.8 Å². The molecule has 0 aliphatic carbocycles. The van der Waals surface area contributed by atoms with Crippen LogP contribution in [0.4, 0.5) is 10.1 Å². The van der Waals surface area contributed by atoms with Crippen molar-refractivity contribution in [1.29, 1.82) is 0 Å². The first-order valence-corrected chi connectivity index (χ1v) is 12.0. The summed E-state index contributed by atoms with van der Waals surface area (Å²) in [5, 5.41) is 2.86. The second-order valence-corrected chi connectivity index (χ2v) is 9.88. The first kappa shape index (κ1) is 24.4. The third-order valence-electron chi connectivity index (χ3n) is 5.38. The Bertz CT molecular complexity index is 1240. The van der Waals surface area contributed by atoms with Crippen LogP contribution in [-0.2, 0) is 10.0 Å². The third-order valence-corrected chi connectivity index (χ3v) is 6.76. The van der Waals surface area contributed by atoms with Gasteiger partial charge < -0.3 is 10.2 Å². The summed E-state index contributed by atoms with van der Waals surface area (Å²) in [6.45, 7) is 3.89. The minimum absolute atomic E-state index is 0.00637. The number of carbonyl (C=O) groups is 1. The molecule has 33 heavy (non-hydrogen) atoms. The zero-order valence-electron chi connectivity index (χ0n) is 19.1. The van der Waals surface area contributed by atoms with Gasteiger partial charge >= 0.3 is 0 Å². The first-order chi connectivity index (χ1) is 15.6. The molecule has 0 saturated heterocycles. The number of carbonyl (C=O) groups excluding carboxylic acids is 1. The zero-order valence-corrected chi connectivity index (χ0v) is 19.9. The summed E-state index contributed by atoms with van der Waals surface area (Å²) in [7, 11) is -0.183. The van der Waals surface area contributed by atoms with Gasteiger partial charge in [-0.2, -0.15) is 0 Å². The van der Waals surface area contributed by atoms with Crippen LogP contribution in [0.15, 0.2) is 71.6 Å². The maximum atomic E-state index is 13.7. The zero-order chi connectivity index (χ0) is 24.2. The molecule has 2 N–H and O–H groups in total. The quantitative estimate of drug-likeness (QED) is 0.516. The fourth-order valence-electron chi connectivity index (χ4n) is 3.45. The van der Waals surface area contributed by atoms with Gasteiger partial charge in [0, 0.05) is 17.8 Å². The summed E-state index contributed by atoms with van der Waals surface area (Å²) in [5.74, 6) is -0.747. The van der Waals surface area contributed by atoms with Gasteiger partial charge in [0.05, 0.1) is 10.9 Å². The number of rotatable bonds is 8. The molecule has 0 aliphatic rings. The van der Waals surface area contributed by atoms with Crippen molar-refractivity contribution in [2.75, 3.05) is 25.4 Å². The molecular formula is C25H28FN3O3S. The molecule has 0 radical (unpaired) electrons. The molecule has 3 aromatic carbocycles. The number of anilines is 1. The van der Waals surface area contributed by atoms with Crippen LogP contribution >= 0.6 is 0 Å². The van der Waals surface area contributed by atoms with Crippen molar-refractivity contribution in [3.8, 4) is 0 Å². The number of benzene rings is 3. The Balaban J connectivity index is 1.79. The molecule has 6 nitrogen and oxygen atoms in total. The van der Waals surface area contributed by atoms with E-state index in [1.165, 1.54) is 24.3 Å². The highest BCUT2D eigenvalue weighted by molar-refractivity contribution is 7.92. The average Bonchev–Trinajstić information content (AvgIpc) is 2.75. The number of hydrogen-bond acceptors (Lipinski definition) is 4. The van der Waals surface area contributed by atoms with Gasteiger partial charge in [-0.25, -0.2) is 12.8 Å². The Labute approximate surface area is 194 Å². The monoisotopic (exact) mass is 469 g/mol. The predicted octanol–water partition coefficient (Wildman–Crippen LogP) is 4.28. The molecule has 1 unspecified atom stereocenters. The topological polar surface area (TPSA) is 78.5 Å².